The van der Waals surface area contributed by atoms with Gasteiger partial charge in [0, 0.05) is 12.6 Å². The molecule has 0 amide bonds. The highest BCUT2D eigenvalue weighted by Gasteiger charge is 2.19. The number of rotatable bonds is 6. The number of hydrogen-bond acceptors (Lipinski definition) is 5. The largest absolute Gasteiger partial charge is 0.493 e. The second kappa shape index (κ2) is 5.98. The van der Waals surface area contributed by atoms with Gasteiger partial charge >= 0.3 is 0 Å². The van der Waals surface area contributed by atoms with Crippen LogP contribution in [0.4, 0.5) is 5.69 Å². The summed E-state index contributed by atoms with van der Waals surface area (Å²) in [6, 6.07) is 1.72. The normalized spacial score (nSPS) is 9.65. The zero-order valence-electron chi connectivity index (χ0n) is 10.5. The first-order chi connectivity index (χ1) is 8.23. The monoisotopic (exact) mass is 239 g/mol. The Morgan fingerprint density at radius 1 is 1.18 bits per heavy atom. The summed E-state index contributed by atoms with van der Waals surface area (Å²) in [6.07, 6.45) is 0.735. The van der Waals surface area contributed by atoms with Crippen LogP contribution in [-0.2, 0) is 0 Å². The SMILES string of the molecule is CCNc1cc(OC)c(OC)c(OC)c1C=O. The van der Waals surface area contributed by atoms with Crippen LogP contribution in [0.25, 0.3) is 0 Å². The lowest BCUT2D eigenvalue weighted by Crippen LogP contribution is -2.05. The van der Waals surface area contributed by atoms with Crippen LogP contribution in [0.3, 0.4) is 0 Å². The molecule has 1 rings (SSSR count). The minimum atomic E-state index is 0.373. The van der Waals surface area contributed by atoms with Gasteiger partial charge in [0.1, 0.15) is 0 Å². The van der Waals surface area contributed by atoms with Gasteiger partial charge in [0.15, 0.2) is 17.8 Å². The molecule has 0 bridgehead atoms. The van der Waals surface area contributed by atoms with Crippen LogP contribution < -0.4 is 19.5 Å². The summed E-state index contributed by atoms with van der Waals surface area (Å²) in [5.74, 6) is 1.31. The Balaban J connectivity index is 3.48. The van der Waals surface area contributed by atoms with E-state index < -0.39 is 0 Å². The molecule has 17 heavy (non-hydrogen) atoms. The number of carbonyl (C=O) groups is 1. The van der Waals surface area contributed by atoms with E-state index in [1.807, 2.05) is 6.92 Å². The Labute approximate surface area is 101 Å². The maximum absolute atomic E-state index is 11.1. The molecule has 5 heteroatoms. The minimum Gasteiger partial charge on any atom is -0.493 e. The number of nitrogens with one attached hydrogen (secondary N) is 1. The Morgan fingerprint density at radius 2 is 1.82 bits per heavy atom. The van der Waals surface area contributed by atoms with Crippen LogP contribution in [-0.4, -0.2) is 34.2 Å². The summed E-state index contributed by atoms with van der Waals surface area (Å²) in [7, 11) is 4.52. The zero-order chi connectivity index (χ0) is 12.8. The van der Waals surface area contributed by atoms with E-state index >= 15 is 0 Å². The maximum Gasteiger partial charge on any atom is 0.204 e. The van der Waals surface area contributed by atoms with Crippen LogP contribution in [0.1, 0.15) is 17.3 Å². The van der Waals surface area contributed by atoms with E-state index in [2.05, 4.69) is 5.32 Å². The quantitative estimate of drug-likeness (QED) is 0.769. The highest BCUT2D eigenvalue weighted by Crippen LogP contribution is 2.43. The molecule has 5 nitrogen and oxygen atoms in total. The van der Waals surface area contributed by atoms with Crippen molar-refractivity contribution < 1.29 is 19.0 Å². The minimum absolute atomic E-state index is 0.373. The summed E-state index contributed by atoms with van der Waals surface area (Å²) in [5.41, 5.74) is 1.09. The lowest BCUT2D eigenvalue weighted by atomic mass is 10.1. The van der Waals surface area contributed by atoms with E-state index in [0.29, 0.717) is 35.0 Å². The second-order valence-corrected chi connectivity index (χ2v) is 3.25. The molecular formula is C12H17NO4. The van der Waals surface area contributed by atoms with E-state index in [-0.39, 0.29) is 0 Å². The Kier molecular flexibility index (Phi) is 4.63. The van der Waals surface area contributed by atoms with Crippen molar-refractivity contribution in [3.63, 3.8) is 0 Å². The molecule has 0 aliphatic carbocycles. The van der Waals surface area contributed by atoms with E-state index in [1.165, 1.54) is 21.3 Å². The third-order valence-electron chi connectivity index (χ3n) is 2.35. The van der Waals surface area contributed by atoms with Crippen molar-refractivity contribution >= 4 is 12.0 Å². The molecule has 0 heterocycles. The fourth-order valence-corrected chi connectivity index (χ4v) is 1.63. The maximum atomic E-state index is 11.1. The number of ether oxygens (including phenoxy) is 3. The average Bonchev–Trinajstić information content (AvgIpc) is 2.37. The molecule has 0 aliphatic heterocycles. The van der Waals surface area contributed by atoms with Crippen molar-refractivity contribution in [3.05, 3.63) is 11.6 Å². The highest BCUT2D eigenvalue weighted by atomic mass is 16.5. The van der Waals surface area contributed by atoms with Crippen molar-refractivity contribution in [2.24, 2.45) is 0 Å². The molecule has 1 aromatic carbocycles. The predicted molar refractivity (Wildman–Crippen MR) is 65.6 cm³/mol. The first-order valence-electron chi connectivity index (χ1n) is 5.25. The van der Waals surface area contributed by atoms with E-state index in [0.717, 1.165) is 6.29 Å². The summed E-state index contributed by atoms with van der Waals surface area (Å²) in [6.45, 7) is 2.64. The highest BCUT2D eigenvalue weighted by molar-refractivity contribution is 5.91. The molecule has 0 saturated heterocycles. The number of carbonyl (C=O) groups excluding carboxylic acids is 1. The van der Waals surface area contributed by atoms with Crippen molar-refractivity contribution in [2.75, 3.05) is 33.2 Å². The lowest BCUT2D eigenvalue weighted by Gasteiger charge is -2.17. The average molecular weight is 239 g/mol. The Bertz CT molecular complexity index is 404. The zero-order valence-corrected chi connectivity index (χ0v) is 10.5. The van der Waals surface area contributed by atoms with Gasteiger partial charge in [-0.25, -0.2) is 0 Å². The molecule has 0 unspecified atom stereocenters. The predicted octanol–water partition coefficient (Wildman–Crippen LogP) is 1.96. The van der Waals surface area contributed by atoms with Gasteiger partial charge in [0.05, 0.1) is 32.6 Å². The molecule has 1 N–H and O–H groups in total. The van der Waals surface area contributed by atoms with E-state index in [9.17, 15) is 4.79 Å². The van der Waals surface area contributed by atoms with Crippen molar-refractivity contribution in [3.8, 4) is 17.2 Å². The molecule has 94 valence electrons. The molecule has 0 aromatic heterocycles. The molecular weight excluding hydrogens is 222 g/mol. The summed E-state index contributed by atoms with van der Waals surface area (Å²) >= 11 is 0. The van der Waals surface area contributed by atoms with Crippen molar-refractivity contribution in [2.45, 2.75) is 6.92 Å². The molecule has 0 radical (unpaired) electrons. The molecule has 1 aromatic rings. The van der Waals surface area contributed by atoms with Crippen LogP contribution in [0, 0.1) is 0 Å². The number of aldehydes is 1. The van der Waals surface area contributed by atoms with Gasteiger partial charge in [0.25, 0.3) is 0 Å². The van der Waals surface area contributed by atoms with Crippen LogP contribution in [0.2, 0.25) is 0 Å². The first-order valence-corrected chi connectivity index (χ1v) is 5.25. The number of benzene rings is 1. The standard InChI is InChI=1S/C12H17NO4/c1-5-13-9-6-10(15-2)12(17-4)11(16-3)8(9)7-14/h6-7,13H,5H2,1-4H3. The summed E-state index contributed by atoms with van der Waals surface area (Å²) in [5, 5.41) is 3.08. The smallest absolute Gasteiger partial charge is 0.204 e. The van der Waals surface area contributed by atoms with Gasteiger partial charge in [0.2, 0.25) is 5.75 Å². The molecule has 0 fully saturated rings. The number of hydrogen-bond donors (Lipinski definition) is 1. The summed E-state index contributed by atoms with van der Waals surface area (Å²) < 4.78 is 15.6. The van der Waals surface area contributed by atoms with Crippen LogP contribution in [0.5, 0.6) is 17.2 Å². The number of methoxy groups -OCH3 is 3. The summed E-state index contributed by atoms with van der Waals surface area (Å²) in [4.78, 5) is 11.1. The molecule has 0 aliphatic rings. The Hall–Kier alpha value is -1.91. The number of anilines is 1. The van der Waals surface area contributed by atoms with E-state index in [1.54, 1.807) is 6.07 Å². The van der Waals surface area contributed by atoms with Crippen molar-refractivity contribution in [1.29, 1.82) is 0 Å². The third kappa shape index (κ3) is 2.43. The van der Waals surface area contributed by atoms with Gasteiger partial charge in [-0.05, 0) is 6.92 Å². The van der Waals surface area contributed by atoms with E-state index in [4.69, 9.17) is 14.2 Å². The third-order valence-corrected chi connectivity index (χ3v) is 2.35. The Morgan fingerprint density at radius 3 is 2.24 bits per heavy atom. The van der Waals surface area contributed by atoms with Gasteiger partial charge in [-0.3, -0.25) is 4.79 Å². The van der Waals surface area contributed by atoms with Crippen molar-refractivity contribution in [1.82, 2.24) is 0 Å². The van der Waals surface area contributed by atoms with Gasteiger partial charge in [-0.1, -0.05) is 0 Å². The lowest BCUT2D eigenvalue weighted by molar-refractivity contribution is 0.112. The molecule has 0 spiro atoms. The second-order valence-electron chi connectivity index (χ2n) is 3.25. The van der Waals surface area contributed by atoms with Gasteiger partial charge in [-0.15, -0.1) is 0 Å². The van der Waals surface area contributed by atoms with Gasteiger partial charge < -0.3 is 19.5 Å². The fourth-order valence-electron chi connectivity index (χ4n) is 1.63. The topological polar surface area (TPSA) is 56.8 Å². The fraction of sp³-hybridized carbons (Fsp3) is 0.417. The molecule has 0 saturated carbocycles. The molecule has 0 atom stereocenters. The first kappa shape index (κ1) is 13.2. The van der Waals surface area contributed by atoms with Gasteiger partial charge in [-0.2, -0.15) is 0 Å². The van der Waals surface area contributed by atoms with Crippen LogP contribution in [0.15, 0.2) is 6.07 Å². The van der Waals surface area contributed by atoms with Crippen LogP contribution >= 0.6 is 0 Å².